The van der Waals surface area contributed by atoms with E-state index in [-0.39, 0.29) is 11.5 Å². The summed E-state index contributed by atoms with van der Waals surface area (Å²) in [6.45, 7) is 3.32. The molecule has 0 aliphatic heterocycles. The molecule has 0 aliphatic rings. The van der Waals surface area contributed by atoms with Gasteiger partial charge in [-0.25, -0.2) is 4.79 Å². The number of esters is 1. The van der Waals surface area contributed by atoms with Gasteiger partial charge in [0.15, 0.2) is 6.61 Å². The van der Waals surface area contributed by atoms with Gasteiger partial charge in [-0.3, -0.25) is 9.59 Å². The van der Waals surface area contributed by atoms with Crippen LogP contribution in [0, 0.1) is 0 Å². The van der Waals surface area contributed by atoms with Crippen LogP contribution in [0.4, 0.5) is 0 Å². The Hall–Kier alpha value is -3.09. The fourth-order valence-electron chi connectivity index (χ4n) is 2.43. The van der Waals surface area contributed by atoms with Crippen LogP contribution >= 0.6 is 0 Å². The Bertz CT molecular complexity index is 819. The topological polar surface area (TPSA) is 93.7 Å². The third-order valence-electron chi connectivity index (χ3n) is 3.74. The highest BCUT2D eigenvalue weighted by Crippen LogP contribution is 2.26. The molecule has 26 heavy (non-hydrogen) atoms. The molecule has 2 N–H and O–H groups in total. The van der Waals surface area contributed by atoms with Crippen molar-refractivity contribution >= 4 is 28.6 Å². The maximum Gasteiger partial charge on any atom is 0.342 e. The Balaban J connectivity index is 2.02. The van der Waals surface area contributed by atoms with E-state index in [9.17, 15) is 14.4 Å². The first-order valence-electron chi connectivity index (χ1n) is 8.27. The van der Waals surface area contributed by atoms with Gasteiger partial charge in [-0.05, 0) is 36.8 Å². The van der Waals surface area contributed by atoms with E-state index in [2.05, 4.69) is 10.6 Å². The van der Waals surface area contributed by atoms with Gasteiger partial charge in [0, 0.05) is 6.54 Å². The molecule has 138 valence electrons. The van der Waals surface area contributed by atoms with Crippen LogP contribution in [-0.2, 0) is 14.3 Å². The van der Waals surface area contributed by atoms with Crippen LogP contribution in [-0.4, -0.2) is 44.1 Å². The average Bonchev–Trinajstić information content (AvgIpc) is 2.65. The molecule has 7 heteroatoms. The lowest BCUT2D eigenvalue weighted by Crippen LogP contribution is -2.46. The lowest BCUT2D eigenvalue weighted by Gasteiger charge is -2.14. The summed E-state index contributed by atoms with van der Waals surface area (Å²) in [5.41, 5.74) is 0.232. The van der Waals surface area contributed by atoms with Crippen LogP contribution in [0.25, 0.3) is 10.8 Å². The Kier molecular flexibility index (Phi) is 6.54. The van der Waals surface area contributed by atoms with Crippen molar-refractivity contribution in [1.82, 2.24) is 10.6 Å². The van der Waals surface area contributed by atoms with Gasteiger partial charge in [-0.15, -0.1) is 0 Å². The van der Waals surface area contributed by atoms with Crippen LogP contribution in [0.2, 0.25) is 0 Å². The zero-order valence-electron chi connectivity index (χ0n) is 15.0. The third-order valence-corrected chi connectivity index (χ3v) is 3.74. The molecule has 0 aliphatic carbocycles. The van der Waals surface area contributed by atoms with Crippen molar-refractivity contribution in [3.63, 3.8) is 0 Å². The molecule has 2 rings (SSSR count). The van der Waals surface area contributed by atoms with E-state index in [0.29, 0.717) is 12.3 Å². The second-order valence-electron chi connectivity index (χ2n) is 5.66. The summed E-state index contributed by atoms with van der Waals surface area (Å²) >= 11 is 0. The number of nitrogens with one attached hydrogen (secondary N) is 2. The molecule has 1 atom stereocenters. The van der Waals surface area contributed by atoms with Crippen molar-refractivity contribution < 1.29 is 23.9 Å². The van der Waals surface area contributed by atoms with E-state index in [4.69, 9.17) is 9.47 Å². The highest BCUT2D eigenvalue weighted by atomic mass is 16.5. The summed E-state index contributed by atoms with van der Waals surface area (Å²) in [6, 6.07) is 10.2. The van der Waals surface area contributed by atoms with E-state index >= 15 is 0 Å². The molecule has 7 nitrogen and oxygen atoms in total. The SMILES string of the molecule is CCNC(=O)[C@H](C)NC(=O)COC(=O)c1cc2ccccc2cc1OC. The smallest absolute Gasteiger partial charge is 0.342 e. The number of methoxy groups -OCH3 is 1. The highest BCUT2D eigenvalue weighted by molar-refractivity contribution is 5.99. The molecular formula is C19H22N2O5. The Morgan fingerprint density at radius 2 is 1.77 bits per heavy atom. The summed E-state index contributed by atoms with van der Waals surface area (Å²) in [4.78, 5) is 35.8. The van der Waals surface area contributed by atoms with Crippen molar-refractivity contribution in [3.8, 4) is 5.75 Å². The zero-order chi connectivity index (χ0) is 19.1. The van der Waals surface area contributed by atoms with Gasteiger partial charge in [0.2, 0.25) is 5.91 Å². The van der Waals surface area contributed by atoms with Crippen LogP contribution in [0.5, 0.6) is 5.75 Å². The minimum Gasteiger partial charge on any atom is -0.496 e. The van der Waals surface area contributed by atoms with E-state index in [1.165, 1.54) is 7.11 Å². The Morgan fingerprint density at radius 3 is 2.38 bits per heavy atom. The first kappa shape index (κ1) is 19.2. The van der Waals surface area contributed by atoms with Crippen LogP contribution in [0.15, 0.2) is 36.4 Å². The number of carbonyl (C=O) groups is 3. The molecule has 2 amide bonds. The van der Waals surface area contributed by atoms with Crippen molar-refractivity contribution in [1.29, 1.82) is 0 Å². The van der Waals surface area contributed by atoms with E-state index in [1.54, 1.807) is 26.0 Å². The number of hydrogen-bond donors (Lipinski definition) is 2. The Morgan fingerprint density at radius 1 is 1.12 bits per heavy atom. The molecule has 2 aromatic carbocycles. The summed E-state index contributed by atoms with van der Waals surface area (Å²) < 4.78 is 10.3. The zero-order valence-corrected chi connectivity index (χ0v) is 15.0. The largest absolute Gasteiger partial charge is 0.496 e. The van der Waals surface area contributed by atoms with Crippen LogP contribution < -0.4 is 15.4 Å². The number of likely N-dealkylation sites (N-methyl/N-ethyl adjacent to an activating group) is 1. The predicted octanol–water partition coefficient (Wildman–Crippen LogP) is 1.65. The summed E-state index contributed by atoms with van der Waals surface area (Å²) in [6.07, 6.45) is 0. The number of carbonyl (C=O) groups excluding carboxylic acids is 3. The first-order valence-corrected chi connectivity index (χ1v) is 8.27. The fourth-order valence-corrected chi connectivity index (χ4v) is 2.43. The van der Waals surface area contributed by atoms with Gasteiger partial charge < -0.3 is 20.1 Å². The first-order chi connectivity index (χ1) is 12.5. The van der Waals surface area contributed by atoms with Crippen LogP contribution in [0.1, 0.15) is 24.2 Å². The molecular weight excluding hydrogens is 336 g/mol. The molecule has 0 saturated heterocycles. The molecule has 0 bridgehead atoms. The quantitative estimate of drug-likeness (QED) is 0.734. The molecule has 0 spiro atoms. The summed E-state index contributed by atoms with van der Waals surface area (Å²) in [5, 5.41) is 6.85. The van der Waals surface area contributed by atoms with Crippen molar-refractivity contribution in [2.24, 2.45) is 0 Å². The minimum atomic E-state index is -0.712. The monoisotopic (exact) mass is 358 g/mol. The van der Waals surface area contributed by atoms with Crippen molar-refractivity contribution in [2.45, 2.75) is 19.9 Å². The standard InChI is InChI=1S/C19H22N2O5/c1-4-20-18(23)12(2)21-17(22)11-26-19(24)15-9-13-7-5-6-8-14(13)10-16(15)25-3/h5-10,12H,4,11H2,1-3H3,(H,20,23)(H,21,22)/t12-/m0/s1. The summed E-state index contributed by atoms with van der Waals surface area (Å²) in [7, 11) is 1.46. The van der Waals surface area contributed by atoms with E-state index in [0.717, 1.165) is 10.8 Å². The number of benzene rings is 2. The van der Waals surface area contributed by atoms with E-state index < -0.39 is 24.5 Å². The maximum absolute atomic E-state index is 12.3. The Labute approximate surface area is 151 Å². The number of fused-ring (bicyclic) bond motifs is 1. The normalized spacial score (nSPS) is 11.5. The predicted molar refractivity (Wildman–Crippen MR) is 97.1 cm³/mol. The molecule has 0 fully saturated rings. The van der Waals surface area contributed by atoms with Crippen LogP contribution in [0.3, 0.4) is 0 Å². The molecule has 0 radical (unpaired) electrons. The third kappa shape index (κ3) is 4.72. The maximum atomic E-state index is 12.3. The molecule has 0 aromatic heterocycles. The molecule has 2 aromatic rings. The molecule has 0 saturated carbocycles. The van der Waals surface area contributed by atoms with Gasteiger partial charge >= 0.3 is 5.97 Å². The lowest BCUT2D eigenvalue weighted by molar-refractivity contribution is -0.130. The molecule has 0 unspecified atom stereocenters. The van der Waals surface area contributed by atoms with Crippen molar-refractivity contribution in [2.75, 3.05) is 20.3 Å². The van der Waals surface area contributed by atoms with Gasteiger partial charge in [0.25, 0.3) is 5.91 Å². The van der Waals surface area contributed by atoms with Gasteiger partial charge in [-0.1, -0.05) is 24.3 Å². The van der Waals surface area contributed by atoms with Gasteiger partial charge in [0.05, 0.1) is 7.11 Å². The highest BCUT2D eigenvalue weighted by Gasteiger charge is 2.19. The lowest BCUT2D eigenvalue weighted by atomic mass is 10.1. The second kappa shape index (κ2) is 8.84. The summed E-state index contributed by atoms with van der Waals surface area (Å²) in [5.74, 6) is -1.17. The number of hydrogen-bond acceptors (Lipinski definition) is 5. The number of amides is 2. The average molecular weight is 358 g/mol. The fraction of sp³-hybridized carbons (Fsp3) is 0.316. The number of rotatable bonds is 7. The van der Waals surface area contributed by atoms with Crippen molar-refractivity contribution in [3.05, 3.63) is 42.0 Å². The van der Waals surface area contributed by atoms with Gasteiger partial charge in [0.1, 0.15) is 17.4 Å². The van der Waals surface area contributed by atoms with Gasteiger partial charge in [-0.2, -0.15) is 0 Å². The second-order valence-corrected chi connectivity index (χ2v) is 5.66. The molecule has 0 heterocycles. The van der Waals surface area contributed by atoms with E-state index in [1.807, 2.05) is 24.3 Å². The minimum absolute atomic E-state index is 0.232. The number of ether oxygens (including phenoxy) is 2.